The van der Waals surface area contributed by atoms with E-state index in [1.54, 1.807) is 37.1 Å². The number of aliphatic hydroxyl groups excluding tert-OH is 1. The summed E-state index contributed by atoms with van der Waals surface area (Å²) in [4.78, 5) is 30.8. The molecular weight excluding hydrogens is 525 g/mol. The molecule has 2 aromatic heterocycles. The lowest BCUT2D eigenvalue weighted by molar-refractivity contribution is -0.726. The Labute approximate surface area is 221 Å². The second-order valence-electron chi connectivity index (χ2n) is 8.82. The fraction of sp³-hybridized carbons (Fsp3) is 0.440. The lowest BCUT2D eigenvalue weighted by Crippen LogP contribution is -2.37. The molecule has 0 saturated heterocycles. The number of thiazole rings is 1. The van der Waals surface area contributed by atoms with Crippen molar-refractivity contribution in [2.24, 2.45) is 4.99 Å². The van der Waals surface area contributed by atoms with Crippen LogP contribution in [0.4, 0.5) is 18.0 Å². The number of hydrogen-bond donors (Lipinski definition) is 1. The van der Waals surface area contributed by atoms with Crippen molar-refractivity contribution >= 4 is 33.6 Å². The van der Waals surface area contributed by atoms with Gasteiger partial charge < -0.3 is 24.0 Å². The van der Waals surface area contributed by atoms with E-state index in [0.717, 1.165) is 35.2 Å². The van der Waals surface area contributed by atoms with Gasteiger partial charge in [-0.3, -0.25) is 4.79 Å². The maximum atomic E-state index is 13.4. The standard InChI is InChI=1S/C25H30F3N4O5S/c1-5-6-10-32-19-13-31(15-37-24(35)30(3)4)11-9-21(19)38-23(32)29-22(34)18-12-17(25(26,27)28)7-8-20(18)36-14-16(2)33/h7-9,11-13,16,33H,5-6,10,14-15H2,1-4H3/q+1/t16-/m0/s1. The quantitative estimate of drug-likeness (QED) is 0.403. The molecule has 0 aliphatic carbocycles. The number of aryl methyl sites for hydroxylation is 1. The normalized spacial score (nSPS) is 13.0. The average molecular weight is 556 g/mol. The zero-order chi connectivity index (χ0) is 28.0. The van der Waals surface area contributed by atoms with E-state index in [2.05, 4.69) is 4.99 Å². The number of aromatic nitrogens is 2. The Kier molecular flexibility index (Phi) is 9.50. The van der Waals surface area contributed by atoms with E-state index in [0.29, 0.717) is 17.4 Å². The third-order valence-corrected chi connectivity index (χ3v) is 6.39. The Morgan fingerprint density at radius 1 is 1.26 bits per heavy atom. The third kappa shape index (κ3) is 7.32. The average Bonchev–Trinajstić information content (AvgIpc) is 3.19. The SMILES string of the molecule is CCCCn1c(=NC(=O)c2cc(C(F)(F)F)ccc2OC[C@H](C)O)sc2cc[n+](COC(=O)N(C)C)cc21. The van der Waals surface area contributed by atoms with Crippen LogP contribution in [-0.4, -0.2) is 53.4 Å². The number of hydrogen-bond acceptors (Lipinski definition) is 6. The largest absolute Gasteiger partial charge is 0.490 e. The van der Waals surface area contributed by atoms with Crippen LogP contribution in [0.25, 0.3) is 10.2 Å². The second kappa shape index (κ2) is 12.4. The number of fused-ring (bicyclic) bond motifs is 1. The van der Waals surface area contributed by atoms with Gasteiger partial charge in [-0.05, 0) is 31.5 Å². The molecule has 0 bridgehead atoms. The summed E-state index contributed by atoms with van der Waals surface area (Å²) in [6.45, 7) is 3.74. The van der Waals surface area contributed by atoms with E-state index in [4.69, 9.17) is 9.47 Å². The molecule has 3 rings (SSSR count). The summed E-state index contributed by atoms with van der Waals surface area (Å²) < 4.78 is 55.0. The topological polar surface area (TPSA) is 97.2 Å². The Morgan fingerprint density at radius 3 is 2.63 bits per heavy atom. The predicted octanol–water partition coefficient (Wildman–Crippen LogP) is 3.97. The van der Waals surface area contributed by atoms with Crippen LogP contribution in [0, 0.1) is 0 Å². The molecule has 0 fully saturated rings. The minimum atomic E-state index is -4.67. The molecule has 0 aliphatic rings. The number of carbonyl (C=O) groups is 2. The van der Waals surface area contributed by atoms with Gasteiger partial charge in [0.25, 0.3) is 12.6 Å². The molecule has 0 unspecified atom stereocenters. The fourth-order valence-corrected chi connectivity index (χ4v) is 4.39. The number of halogens is 3. The summed E-state index contributed by atoms with van der Waals surface area (Å²) in [5, 5.41) is 9.53. The molecule has 1 aromatic carbocycles. The number of aliphatic hydroxyl groups is 1. The van der Waals surface area contributed by atoms with Crippen molar-refractivity contribution in [3.05, 3.63) is 52.6 Å². The van der Waals surface area contributed by atoms with E-state index >= 15 is 0 Å². The summed E-state index contributed by atoms with van der Waals surface area (Å²) in [5.41, 5.74) is -0.636. The molecule has 1 N–H and O–H groups in total. The summed E-state index contributed by atoms with van der Waals surface area (Å²) in [6, 6.07) is 4.37. The van der Waals surface area contributed by atoms with Crippen LogP contribution in [0.2, 0.25) is 0 Å². The Bertz CT molecular complexity index is 1370. The van der Waals surface area contributed by atoms with Gasteiger partial charge in [0, 0.05) is 26.7 Å². The van der Waals surface area contributed by atoms with Crippen LogP contribution in [-0.2, 0) is 24.2 Å². The summed E-state index contributed by atoms with van der Waals surface area (Å²) in [6.07, 6.45) is -0.959. The van der Waals surface area contributed by atoms with Crippen molar-refractivity contribution in [2.75, 3.05) is 20.7 Å². The van der Waals surface area contributed by atoms with E-state index in [1.165, 1.54) is 23.2 Å². The monoisotopic (exact) mass is 555 g/mol. The number of rotatable bonds is 9. The fourth-order valence-electron chi connectivity index (χ4n) is 3.37. The first kappa shape index (κ1) is 29.1. The van der Waals surface area contributed by atoms with Gasteiger partial charge in [0.05, 0.1) is 21.9 Å². The van der Waals surface area contributed by atoms with Gasteiger partial charge in [-0.1, -0.05) is 24.7 Å². The molecule has 2 amide bonds. The molecule has 2 heterocycles. The molecule has 1 atom stereocenters. The molecule has 0 spiro atoms. The lowest BCUT2D eigenvalue weighted by atomic mass is 10.1. The number of nitrogens with zero attached hydrogens (tertiary/aromatic N) is 4. The minimum Gasteiger partial charge on any atom is -0.490 e. The molecule has 0 radical (unpaired) electrons. The molecule has 0 aliphatic heterocycles. The molecule has 206 valence electrons. The molecule has 3 aromatic rings. The predicted molar refractivity (Wildman–Crippen MR) is 134 cm³/mol. The van der Waals surface area contributed by atoms with Gasteiger partial charge in [-0.2, -0.15) is 22.7 Å². The number of carbonyl (C=O) groups excluding carboxylic acids is 2. The van der Waals surface area contributed by atoms with Crippen molar-refractivity contribution in [3.8, 4) is 5.75 Å². The number of benzene rings is 1. The molecular formula is C25H30F3N4O5S+. The van der Waals surface area contributed by atoms with E-state index in [-0.39, 0.29) is 24.7 Å². The van der Waals surface area contributed by atoms with Crippen LogP contribution in [0.3, 0.4) is 0 Å². The van der Waals surface area contributed by atoms with Crippen molar-refractivity contribution < 1.29 is 41.9 Å². The van der Waals surface area contributed by atoms with E-state index < -0.39 is 29.8 Å². The highest BCUT2D eigenvalue weighted by Gasteiger charge is 2.32. The number of unbranched alkanes of at least 4 members (excludes halogenated alkanes) is 1. The van der Waals surface area contributed by atoms with Crippen LogP contribution in [0.5, 0.6) is 5.75 Å². The smallest absolute Gasteiger partial charge is 0.416 e. The first-order chi connectivity index (χ1) is 17.9. The summed E-state index contributed by atoms with van der Waals surface area (Å²) >= 11 is 1.21. The van der Waals surface area contributed by atoms with Gasteiger partial charge in [0.2, 0.25) is 0 Å². The van der Waals surface area contributed by atoms with E-state index in [1.807, 2.05) is 11.5 Å². The van der Waals surface area contributed by atoms with E-state index in [9.17, 15) is 27.9 Å². The van der Waals surface area contributed by atoms with Gasteiger partial charge in [-0.15, -0.1) is 0 Å². The highest BCUT2D eigenvalue weighted by Crippen LogP contribution is 2.33. The third-order valence-electron chi connectivity index (χ3n) is 5.33. The minimum absolute atomic E-state index is 0.0315. The van der Waals surface area contributed by atoms with Gasteiger partial charge >= 0.3 is 12.3 Å². The van der Waals surface area contributed by atoms with Crippen molar-refractivity contribution in [3.63, 3.8) is 0 Å². The maximum absolute atomic E-state index is 13.4. The molecule has 38 heavy (non-hydrogen) atoms. The molecule has 0 saturated carbocycles. The Morgan fingerprint density at radius 2 is 2.00 bits per heavy atom. The van der Waals surface area contributed by atoms with Gasteiger partial charge in [0.15, 0.2) is 17.2 Å². The molecule has 13 heteroatoms. The number of alkyl halides is 3. The van der Waals surface area contributed by atoms with Crippen LogP contribution in [0.15, 0.2) is 41.7 Å². The van der Waals surface area contributed by atoms with Crippen LogP contribution >= 0.6 is 11.3 Å². The van der Waals surface area contributed by atoms with Crippen LogP contribution in [0.1, 0.15) is 42.6 Å². The van der Waals surface area contributed by atoms with Crippen LogP contribution < -0.4 is 14.1 Å². The van der Waals surface area contributed by atoms with Crippen molar-refractivity contribution in [2.45, 2.75) is 52.2 Å². The summed E-state index contributed by atoms with van der Waals surface area (Å²) in [7, 11) is 3.15. The van der Waals surface area contributed by atoms with Crippen molar-refractivity contribution in [1.82, 2.24) is 9.47 Å². The maximum Gasteiger partial charge on any atom is 0.416 e. The number of amides is 2. The first-order valence-electron chi connectivity index (χ1n) is 11.9. The summed E-state index contributed by atoms with van der Waals surface area (Å²) in [5.74, 6) is -1.00. The zero-order valence-electron chi connectivity index (χ0n) is 21.5. The zero-order valence-corrected chi connectivity index (χ0v) is 22.3. The lowest BCUT2D eigenvalue weighted by Gasteiger charge is -2.13. The second-order valence-corrected chi connectivity index (χ2v) is 9.83. The van der Waals surface area contributed by atoms with Gasteiger partial charge in [-0.25, -0.2) is 4.79 Å². The molecule has 9 nitrogen and oxygen atoms in total. The first-order valence-corrected chi connectivity index (χ1v) is 12.7. The number of pyridine rings is 1. The highest BCUT2D eigenvalue weighted by molar-refractivity contribution is 7.16. The Balaban J connectivity index is 2.07. The van der Waals surface area contributed by atoms with Gasteiger partial charge in [0.1, 0.15) is 17.9 Å². The number of ether oxygens (including phenoxy) is 2. The highest BCUT2D eigenvalue weighted by atomic mass is 32.1. The van der Waals surface area contributed by atoms with Crippen molar-refractivity contribution in [1.29, 1.82) is 0 Å². The Hall–Kier alpha value is -3.45.